The molecule has 16 heavy (non-hydrogen) atoms. The lowest BCUT2D eigenvalue weighted by Crippen LogP contribution is -2.28. The molecule has 0 spiro atoms. The molecule has 0 aliphatic carbocycles. The molecule has 1 fully saturated rings. The summed E-state index contributed by atoms with van der Waals surface area (Å²) in [7, 11) is 0. The Bertz CT molecular complexity index is 313. The minimum atomic E-state index is 0.594. The molecule has 0 amide bonds. The third-order valence-electron chi connectivity index (χ3n) is 2.90. The third-order valence-corrected chi connectivity index (χ3v) is 3.99. The molecule has 0 radical (unpaired) electrons. The summed E-state index contributed by atoms with van der Waals surface area (Å²) in [6.45, 7) is 3.82. The van der Waals surface area contributed by atoms with Crippen LogP contribution >= 0.6 is 22.9 Å². The maximum atomic E-state index is 5.74. The molecule has 2 heterocycles. The van der Waals surface area contributed by atoms with Gasteiger partial charge in [-0.25, -0.2) is 4.98 Å². The summed E-state index contributed by atoms with van der Waals surface area (Å²) in [5.74, 6) is 0.839. The second-order valence-corrected chi connectivity index (χ2v) is 5.81. The molecule has 1 N–H and O–H groups in total. The molecule has 1 aliphatic rings. The topological polar surface area (TPSA) is 34.1 Å². The molecule has 1 saturated heterocycles. The smallest absolute Gasteiger partial charge is 0.183 e. The van der Waals surface area contributed by atoms with Crippen molar-refractivity contribution in [3.8, 4) is 0 Å². The van der Waals surface area contributed by atoms with Crippen molar-refractivity contribution in [1.29, 1.82) is 0 Å². The van der Waals surface area contributed by atoms with Gasteiger partial charge in [-0.2, -0.15) is 0 Å². The van der Waals surface area contributed by atoms with E-state index < -0.39 is 0 Å². The van der Waals surface area contributed by atoms with E-state index in [0.29, 0.717) is 11.1 Å². The molecule has 2 rings (SSSR count). The Morgan fingerprint density at radius 1 is 1.50 bits per heavy atom. The number of rotatable bonds is 5. The molecule has 1 aliphatic heterocycles. The summed E-state index contributed by atoms with van der Waals surface area (Å²) in [6, 6.07) is 0. The number of thiazole rings is 1. The van der Waals surface area contributed by atoms with E-state index in [1.54, 1.807) is 6.20 Å². The second kappa shape index (κ2) is 6.55. The average Bonchev–Trinajstić information content (AvgIpc) is 2.72. The van der Waals surface area contributed by atoms with Crippen LogP contribution in [0.4, 0.5) is 0 Å². The maximum absolute atomic E-state index is 5.74. The van der Waals surface area contributed by atoms with Gasteiger partial charge in [-0.15, -0.1) is 11.3 Å². The maximum Gasteiger partial charge on any atom is 0.183 e. The van der Waals surface area contributed by atoms with Crippen LogP contribution < -0.4 is 5.32 Å². The highest BCUT2D eigenvalue weighted by atomic mass is 35.5. The zero-order chi connectivity index (χ0) is 11.2. The highest BCUT2D eigenvalue weighted by Crippen LogP contribution is 2.19. The van der Waals surface area contributed by atoms with Crippen LogP contribution in [-0.4, -0.2) is 24.7 Å². The van der Waals surface area contributed by atoms with Gasteiger partial charge in [-0.1, -0.05) is 11.6 Å². The lowest BCUT2D eigenvalue weighted by molar-refractivity contribution is 0.104. The molecule has 0 unspecified atom stereocenters. The van der Waals surface area contributed by atoms with Crippen molar-refractivity contribution in [2.45, 2.75) is 25.9 Å². The van der Waals surface area contributed by atoms with Crippen LogP contribution in [0.15, 0.2) is 6.20 Å². The summed E-state index contributed by atoms with van der Waals surface area (Å²) >= 11 is 7.23. The zero-order valence-corrected chi connectivity index (χ0v) is 10.8. The first-order valence-electron chi connectivity index (χ1n) is 5.73. The van der Waals surface area contributed by atoms with Crippen LogP contribution in [0.25, 0.3) is 0 Å². The van der Waals surface area contributed by atoms with Gasteiger partial charge in [-0.3, -0.25) is 0 Å². The fourth-order valence-electron chi connectivity index (χ4n) is 1.94. The normalized spacial score (nSPS) is 17.8. The Balaban J connectivity index is 1.57. The number of halogens is 1. The number of ether oxygens (including phenoxy) is 1. The SMILES string of the molecule is Clc1ncc(COCCC2CCNCC2)s1. The predicted octanol–water partition coefficient (Wildman–Crippen LogP) is 2.70. The lowest BCUT2D eigenvalue weighted by Gasteiger charge is -2.22. The highest BCUT2D eigenvalue weighted by molar-refractivity contribution is 7.15. The van der Waals surface area contributed by atoms with Gasteiger partial charge < -0.3 is 10.1 Å². The van der Waals surface area contributed by atoms with E-state index in [4.69, 9.17) is 16.3 Å². The summed E-state index contributed by atoms with van der Waals surface area (Å²) in [6.07, 6.45) is 5.54. The van der Waals surface area contributed by atoms with Crippen molar-refractivity contribution in [3.63, 3.8) is 0 Å². The summed E-state index contributed by atoms with van der Waals surface area (Å²) in [5, 5.41) is 3.37. The van der Waals surface area contributed by atoms with Crippen molar-refractivity contribution in [1.82, 2.24) is 10.3 Å². The molecular formula is C11H17ClN2OS. The standard InChI is InChI=1S/C11H17ClN2OS/c12-11-14-7-10(16-11)8-15-6-3-9-1-4-13-5-2-9/h7,9,13H,1-6,8H2. The molecule has 0 aromatic carbocycles. The largest absolute Gasteiger partial charge is 0.376 e. The first-order chi connectivity index (χ1) is 7.84. The first-order valence-corrected chi connectivity index (χ1v) is 6.92. The van der Waals surface area contributed by atoms with E-state index in [1.165, 1.54) is 30.6 Å². The fourth-order valence-corrected chi connectivity index (χ4v) is 2.86. The quantitative estimate of drug-likeness (QED) is 0.827. The lowest BCUT2D eigenvalue weighted by atomic mass is 9.95. The molecule has 3 nitrogen and oxygen atoms in total. The van der Waals surface area contributed by atoms with E-state index in [0.717, 1.165) is 30.5 Å². The fraction of sp³-hybridized carbons (Fsp3) is 0.727. The highest BCUT2D eigenvalue weighted by Gasteiger charge is 2.12. The minimum absolute atomic E-state index is 0.594. The number of hydrogen-bond donors (Lipinski definition) is 1. The Morgan fingerprint density at radius 2 is 2.31 bits per heavy atom. The second-order valence-electron chi connectivity index (χ2n) is 4.11. The van der Waals surface area contributed by atoms with E-state index >= 15 is 0 Å². The Hall–Kier alpha value is -0.160. The van der Waals surface area contributed by atoms with Crippen LogP contribution in [-0.2, 0) is 11.3 Å². The molecule has 1 aromatic rings. The summed E-state index contributed by atoms with van der Waals surface area (Å²) in [4.78, 5) is 5.09. The molecular weight excluding hydrogens is 244 g/mol. The average molecular weight is 261 g/mol. The number of aromatic nitrogens is 1. The predicted molar refractivity (Wildman–Crippen MR) is 67.0 cm³/mol. The van der Waals surface area contributed by atoms with Crippen molar-refractivity contribution < 1.29 is 4.74 Å². The first kappa shape index (κ1) is 12.3. The van der Waals surface area contributed by atoms with Crippen molar-refractivity contribution in [3.05, 3.63) is 15.5 Å². The van der Waals surface area contributed by atoms with Crippen molar-refractivity contribution in [2.24, 2.45) is 5.92 Å². The van der Waals surface area contributed by atoms with Gasteiger partial charge in [0.1, 0.15) is 0 Å². The van der Waals surface area contributed by atoms with Gasteiger partial charge >= 0.3 is 0 Å². The van der Waals surface area contributed by atoms with Crippen LogP contribution in [0.5, 0.6) is 0 Å². The molecule has 0 bridgehead atoms. The van der Waals surface area contributed by atoms with E-state index in [1.807, 2.05) is 0 Å². The van der Waals surface area contributed by atoms with Gasteiger partial charge in [0.05, 0.1) is 11.5 Å². The van der Waals surface area contributed by atoms with Crippen LogP contribution in [0.1, 0.15) is 24.1 Å². The van der Waals surface area contributed by atoms with Gasteiger partial charge in [0.15, 0.2) is 4.47 Å². The van der Waals surface area contributed by atoms with E-state index in [-0.39, 0.29) is 0 Å². The monoisotopic (exact) mass is 260 g/mol. The molecule has 90 valence electrons. The van der Waals surface area contributed by atoms with Crippen LogP contribution in [0, 0.1) is 5.92 Å². The van der Waals surface area contributed by atoms with Crippen molar-refractivity contribution >= 4 is 22.9 Å². The van der Waals surface area contributed by atoms with Gasteiger partial charge in [0.2, 0.25) is 0 Å². The van der Waals surface area contributed by atoms with Crippen LogP contribution in [0.2, 0.25) is 4.47 Å². The molecule has 1 aromatic heterocycles. The van der Waals surface area contributed by atoms with E-state index in [9.17, 15) is 0 Å². The Labute approximate surface area is 105 Å². The van der Waals surface area contributed by atoms with Crippen LogP contribution in [0.3, 0.4) is 0 Å². The minimum Gasteiger partial charge on any atom is -0.376 e. The summed E-state index contributed by atoms with van der Waals surface area (Å²) < 4.78 is 6.22. The Kier molecular flexibility index (Phi) is 5.03. The number of hydrogen-bond acceptors (Lipinski definition) is 4. The zero-order valence-electron chi connectivity index (χ0n) is 9.25. The number of nitrogens with one attached hydrogen (secondary N) is 1. The van der Waals surface area contributed by atoms with Gasteiger partial charge in [0, 0.05) is 12.8 Å². The number of piperidine rings is 1. The number of nitrogens with zero attached hydrogens (tertiary/aromatic N) is 1. The van der Waals surface area contributed by atoms with Crippen molar-refractivity contribution in [2.75, 3.05) is 19.7 Å². The molecule has 0 atom stereocenters. The molecule has 5 heteroatoms. The summed E-state index contributed by atoms with van der Waals surface area (Å²) in [5.41, 5.74) is 0. The van der Waals surface area contributed by atoms with Gasteiger partial charge in [0.25, 0.3) is 0 Å². The third kappa shape index (κ3) is 4.01. The molecule has 0 saturated carbocycles. The van der Waals surface area contributed by atoms with E-state index in [2.05, 4.69) is 10.3 Å². The van der Waals surface area contributed by atoms with Gasteiger partial charge in [-0.05, 0) is 38.3 Å². The Morgan fingerprint density at radius 3 is 3.00 bits per heavy atom.